The van der Waals surface area contributed by atoms with Crippen LogP contribution in [-0.4, -0.2) is 23.2 Å². The summed E-state index contributed by atoms with van der Waals surface area (Å²) in [4.78, 5) is 15.1. The molecule has 1 amide bonds. The Morgan fingerprint density at radius 3 is 2.72 bits per heavy atom. The molecule has 0 fully saturated rings. The Morgan fingerprint density at radius 2 is 2.22 bits per heavy atom. The van der Waals surface area contributed by atoms with E-state index in [-0.39, 0.29) is 6.54 Å². The number of hydrogen-bond acceptors (Lipinski definition) is 3. The smallest absolute Gasteiger partial charge is 0.407 e. The number of carbonyl (C=O) groups is 1. The Hall–Kier alpha value is -1.36. The Morgan fingerprint density at radius 1 is 1.56 bits per heavy atom. The molecule has 1 unspecified atom stereocenters. The van der Waals surface area contributed by atoms with Gasteiger partial charge in [-0.15, -0.1) is 0 Å². The Labute approximate surface area is 110 Å². The fraction of sp³-hybridized carbons (Fsp3) is 0.500. The molecular formula is C12H16ClFN2O2. The van der Waals surface area contributed by atoms with E-state index in [1.54, 1.807) is 20.8 Å². The van der Waals surface area contributed by atoms with Crippen LogP contribution in [0.5, 0.6) is 0 Å². The molecule has 6 heteroatoms. The van der Waals surface area contributed by atoms with E-state index in [2.05, 4.69) is 10.3 Å². The third-order valence-corrected chi connectivity index (χ3v) is 2.16. The zero-order valence-corrected chi connectivity index (χ0v) is 11.3. The minimum Gasteiger partial charge on any atom is -0.444 e. The lowest BCUT2D eigenvalue weighted by Crippen LogP contribution is -2.34. The van der Waals surface area contributed by atoms with Crippen molar-refractivity contribution in [2.75, 3.05) is 6.54 Å². The van der Waals surface area contributed by atoms with Crippen molar-refractivity contribution in [1.82, 2.24) is 10.3 Å². The second kappa shape index (κ2) is 6.00. The number of amides is 1. The van der Waals surface area contributed by atoms with Gasteiger partial charge in [-0.2, -0.15) is 0 Å². The molecule has 1 aromatic rings. The fourth-order valence-corrected chi connectivity index (χ4v) is 1.29. The van der Waals surface area contributed by atoms with Crippen molar-refractivity contribution in [3.63, 3.8) is 0 Å². The van der Waals surface area contributed by atoms with E-state index in [4.69, 9.17) is 16.3 Å². The molecule has 0 spiro atoms. The number of ether oxygens (including phenoxy) is 1. The third kappa shape index (κ3) is 5.31. The number of hydrogen-bond donors (Lipinski definition) is 1. The van der Waals surface area contributed by atoms with Gasteiger partial charge in [0, 0.05) is 11.8 Å². The van der Waals surface area contributed by atoms with Gasteiger partial charge in [0.05, 0.1) is 6.54 Å². The van der Waals surface area contributed by atoms with E-state index >= 15 is 0 Å². The molecule has 4 nitrogen and oxygen atoms in total. The van der Waals surface area contributed by atoms with Crippen molar-refractivity contribution in [3.05, 3.63) is 29.0 Å². The summed E-state index contributed by atoms with van der Waals surface area (Å²) < 4.78 is 18.7. The van der Waals surface area contributed by atoms with Gasteiger partial charge in [-0.3, -0.25) is 0 Å². The van der Waals surface area contributed by atoms with Gasteiger partial charge in [0.25, 0.3) is 0 Å². The predicted molar refractivity (Wildman–Crippen MR) is 67.3 cm³/mol. The maximum absolute atomic E-state index is 13.7. The first kappa shape index (κ1) is 14.7. The molecule has 0 radical (unpaired) electrons. The van der Waals surface area contributed by atoms with Crippen LogP contribution in [0.25, 0.3) is 0 Å². The van der Waals surface area contributed by atoms with E-state index in [0.717, 1.165) is 0 Å². The minimum absolute atomic E-state index is 0.168. The van der Waals surface area contributed by atoms with E-state index in [1.807, 2.05) is 0 Å². The van der Waals surface area contributed by atoms with E-state index in [1.165, 1.54) is 18.3 Å². The molecule has 0 aliphatic carbocycles. The number of alkyl halides is 1. The van der Waals surface area contributed by atoms with Crippen molar-refractivity contribution < 1.29 is 13.9 Å². The Balaban J connectivity index is 2.44. The number of carbonyl (C=O) groups excluding carboxylic acids is 1. The number of pyridine rings is 1. The lowest BCUT2D eigenvalue weighted by atomic mass is 10.2. The summed E-state index contributed by atoms with van der Waals surface area (Å²) in [6, 6.07) is 3.02. The van der Waals surface area contributed by atoms with Crippen LogP contribution in [-0.2, 0) is 4.74 Å². The van der Waals surface area contributed by atoms with Crippen molar-refractivity contribution in [2.24, 2.45) is 0 Å². The van der Waals surface area contributed by atoms with Crippen molar-refractivity contribution in [3.8, 4) is 0 Å². The van der Waals surface area contributed by atoms with Crippen LogP contribution in [0, 0.1) is 0 Å². The number of aromatic nitrogens is 1. The summed E-state index contributed by atoms with van der Waals surface area (Å²) in [5.41, 5.74) is -0.243. The normalized spacial score (nSPS) is 12.9. The van der Waals surface area contributed by atoms with Crippen LogP contribution in [0.3, 0.4) is 0 Å². The molecule has 0 saturated heterocycles. The largest absolute Gasteiger partial charge is 0.444 e. The van der Waals surface area contributed by atoms with Gasteiger partial charge >= 0.3 is 6.09 Å². The van der Waals surface area contributed by atoms with Crippen molar-refractivity contribution in [1.29, 1.82) is 0 Å². The summed E-state index contributed by atoms with van der Waals surface area (Å²) in [5, 5.41) is 2.65. The molecule has 0 aliphatic heterocycles. The quantitative estimate of drug-likeness (QED) is 0.861. The minimum atomic E-state index is -1.35. The average molecular weight is 275 g/mol. The average Bonchev–Trinajstić information content (AvgIpc) is 2.24. The molecule has 0 saturated carbocycles. The second-order valence-electron chi connectivity index (χ2n) is 4.76. The summed E-state index contributed by atoms with van der Waals surface area (Å²) in [6.07, 6.45) is -0.654. The molecular weight excluding hydrogens is 259 g/mol. The van der Waals surface area contributed by atoms with Crippen LogP contribution in [0.1, 0.15) is 32.5 Å². The lowest BCUT2D eigenvalue weighted by Gasteiger charge is -2.20. The molecule has 1 atom stereocenters. The Kier molecular flexibility index (Phi) is 4.90. The van der Waals surface area contributed by atoms with Gasteiger partial charge in [-0.05, 0) is 26.8 Å². The molecule has 0 bridgehead atoms. The van der Waals surface area contributed by atoms with Crippen molar-refractivity contribution in [2.45, 2.75) is 32.5 Å². The fourth-order valence-electron chi connectivity index (χ4n) is 1.18. The zero-order valence-electron chi connectivity index (χ0n) is 10.5. The molecule has 18 heavy (non-hydrogen) atoms. The van der Waals surface area contributed by atoms with Gasteiger partial charge in [0.1, 0.15) is 16.9 Å². The number of halogens is 2. The van der Waals surface area contributed by atoms with E-state index in [9.17, 15) is 9.18 Å². The van der Waals surface area contributed by atoms with E-state index < -0.39 is 17.9 Å². The molecule has 1 rings (SSSR count). The van der Waals surface area contributed by atoms with Crippen LogP contribution in [0.2, 0.25) is 5.15 Å². The molecule has 0 aliphatic rings. The second-order valence-corrected chi connectivity index (χ2v) is 5.15. The number of nitrogens with zero attached hydrogens (tertiary/aromatic N) is 1. The molecule has 1 heterocycles. The van der Waals surface area contributed by atoms with Crippen LogP contribution < -0.4 is 5.32 Å². The maximum Gasteiger partial charge on any atom is 0.407 e. The molecule has 1 N–H and O–H groups in total. The summed E-state index contributed by atoms with van der Waals surface area (Å²) in [6.45, 7) is 5.05. The number of alkyl carbamates (subject to hydrolysis) is 1. The monoisotopic (exact) mass is 274 g/mol. The molecule has 100 valence electrons. The van der Waals surface area contributed by atoms with Crippen molar-refractivity contribution >= 4 is 17.7 Å². The van der Waals surface area contributed by atoms with Gasteiger partial charge in [0.15, 0.2) is 0 Å². The molecule has 1 aromatic heterocycles. The van der Waals surface area contributed by atoms with Crippen LogP contribution in [0.4, 0.5) is 9.18 Å². The van der Waals surface area contributed by atoms with Crippen LogP contribution in [0.15, 0.2) is 18.3 Å². The predicted octanol–water partition coefficient (Wildman–Crippen LogP) is 3.27. The van der Waals surface area contributed by atoms with Gasteiger partial charge in [-0.1, -0.05) is 17.7 Å². The zero-order chi connectivity index (χ0) is 13.8. The van der Waals surface area contributed by atoms with Gasteiger partial charge in [-0.25, -0.2) is 14.2 Å². The highest BCUT2D eigenvalue weighted by atomic mass is 35.5. The highest BCUT2D eigenvalue weighted by Gasteiger charge is 2.18. The standard InChI is InChI=1S/C12H16ClFN2O2/c1-12(2,3)18-11(17)16-7-9(14)8-4-5-10(13)15-6-8/h4-6,9H,7H2,1-3H3,(H,16,17). The highest BCUT2D eigenvalue weighted by Crippen LogP contribution is 2.17. The Bertz CT molecular complexity index is 404. The number of rotatable bonds is 3. The van der Waals surface area contributed by atoms with Gasteiger partial charge < -0.3 is 10.1 Å². The summed E-state index contributed by atoms with van der Waals surface area (Å²) >= 11 is 5.59. The molecule has 0 aromatic carbocycles. The summed E-state index contributed by atoms with van der Waals surface area (Å²) in [7, 11) is 0. The van der Waals surface area contributed by atoms with Crippen LogP contribution >= 0.6 is 11.6 Å². The van der Waals surface area contributed by atoms with Gasteiger partial charge in [0.2, 0.25) is 0 Å². The van der Waals surface area contributed by atoms with E-state index in [0.29, 0.717) is 10.7 Å². The first-order valence-corrected chi connectivity index (χ1v) is 5.88. The topological polar surface area (TPSA) is 51.2 Å². The first-order chi connectivity index (χ1) is 8.28. The SMILES string of the molecule is CC(C)(C)OC(=O)NCC(F)c1ccc(Cl)nc1. The maximum atomic E-state index is 13.7. The highest BCUT2D eigenvalue weighted by molar-refractivity contribution is 6.29. The first-order valence-electron chi connectivity index (χ1n) is 5.50. The lowest BCUT2D eigenvalue weighted by molar-refractivity contribution is 0.0513. The number of nitrogens with one attached hydrogen (secondary N) is 1. The summed E-state index contributed by atoms with van der Waals surface area (Å²) in [5.74, 6) is 0. The third-order valence-electron chi connectivity index (χ3n) is 1.94.